The van der Waals surface area contributed by atoms with E-state index < -0.39 is 6.09 Å². The van der Waals surface area contributed by atoms with Gasteiger partial charge >= 0.3 is 6.09 Å². The summed E-state index contributed by atoms with van der Waals surface area (Å²) >= 11 is 1.60. The maximum absolute atomic E-state index is 10.8. The summed E-state index contributed by atoms with van der Waals surface area (Å²) in [6, 6.07) is 0.0389. The molecule has 118 valence electrons. The van der Waals surface area contributed by atoms with Crippen molar-refractivity contribution in [3.8, 4) is 0 Å². The maximum atomic E-state index is 10.8. The summed E-state index contributed by atoms with van der Waals surface area (Å²) < 4.78 is 4.91. The van der Waals surface area contributed by atoms with Crippen LogP contribution in [0.25, 0.3) is 0 Å². The first-order chi connectivity index (χ1) is 9.74. The van der Waals surface area contributed by atoms with Crippen molar-refractivity contribution >= 4 is 23.8 Å². The summed E-state index contributed by atoms with van der Waals surface area (Å²) in [5.74, 6) is 0.639. The number of anilines is 1. The highest BCUT2D eigenvalue weighted by Crippen LogP contribution is 2.28. The Kier molecular flexibility index (Phi) is 6.26. The Morgan fingerprint density at radius 2 is 2.00 bits per heavy atom. The molecule has 1 amide bonds. The van der Waals surface area contributed by atoms with Crippen LogP contribution in [-0.2, 0) is 4.74 Å². The topological polar surface area (TPSA) is 90.1 Å². The van der Waals surface area contributed by atoms with Gasteiger partial charge in [0.1, 0.15) is 0 Å². The fourth-order valence-electron chi connectivity index (χ4n) is 2.16. The molecule has 0 saturated heterocycles. The standard InChI is InChI=1S/C14H24N4O2S/c1-9(8-20-12(15)19)11(14(2,3)4)18-13-16-6-10(21-5)7-17-13/h6-7,9,11H,8H2,1-5H3,(H2,15,19)(H,16,17,18). The second kappa shape index (κ2) is 7.49. The molecule has 6 nitrogen and oxygen atoms in total. The molecule has 1 rings (SSSR count). The highest BCUT2D eigenvalue weighted by molar-refractivity contribution is 7.98. The van der Waals surface area contributed by atoms with E-state index in [0.717, 1.165) is 4.90 Å². The van der Waals surface area contributed by atoms with Crippen molar-refractivity contribution < 1.29 is 9.53 Å². The normalized spacial score (nSPS) is 14.3. The van der Waals surface area contributed by atoms with Crippen LogP contribution in [0.2, 0.25) is 0 Å². The minimum absolute atomic E-state index is 0.0389. The Labute approximate surface area is 130 Å². The SMILES string of the molecule is CSc1cnc(NC(C(C)COC(N)=O)C(C)(C)C)nc1. The van der Waals surface area contributed by atoms with E-state index in [1.807, 2.05) is 13.2 Å². The van der Waals surface area contributed by atoms with Gasteiger partial charge in [0, 0.05) is 29.2 Å². The van der Waals surface area contributed by atoms with Gasteiger partial charge in [-0.2, -0.15) is 0 Å². The lowest BCUT2D eigenvalue weighted by Gasteiger charge is -2.35. The molecule has 21 heavy (non-hydrogen) atoms. The lowest BCUT2D eigenvalue weighted by atomic mass is 9.80. The average molecular weight is 312 g/mol. The number of amides is 1. The van der Waals surface area contributed by atoms with Gasteiger partial charge in [-0.25, -0.2) is 14.8 Å². The molecule has 0 aliphatic rings. The van der Waals surface area contributed by atoms with E-state index in [9.17, 15) is 4.79 Å². The second-order valence-corrected chi connectivity index (χ2v) is 6.92. The second-order valence-electron chi connectivity index (χ2n) is 6.04. The molecule has 3 N–H and O–H groups in total. The number of primary amides is 1. The Balaban J connectivity index is 2.80. The average Bonchev–Trinajstić information content (AvgIpc) is 2.41. The molecule has 1 aromatic heterocycles. The molecule has 0 bridgehead atoms. The highest BCUT2D eigenvalue weighted by Gasteiger charge is 2.31. The number of carbonyl (C=O) groups is 1. The van der Waals surface area contributed by atoms with E-state index in [2.05, 4.69) is 36.1 Å². The van der Waals surface area contributed by atoms with E-state index >= 15 is 0 Å². The van der Waals surface area contributed by atoms with Gasteiger partial charge in [-0.1, -0.05) is 27.7 Å². The molecule has 1 aromatic rings. The Hall–Kier alpha value is -1.50. The molecule has 0 fully saturated rings. The van der Waals surface area contributed by atoms with Crippen molar-refractivity contribution in [3.05, 3.63) is 12.4 Å². The molecule has 0 spiro atoms. The Bertz CT molecular complexity index is 459. The predicted octanol–water partition coefficient (Wildman–Crippen LogP) is 2.76. The monoisotopic (exact) mass is 312 g/mol. The number of hydrogen-bond acceptors (Lipinski definition) is 6. The number of hydrogen-bond donors (Lipinski definition) is 2. The fourth-order valence-corrected chi connectivity index (χ4v) is 2.47. The summed E-state index contributed by atoms with van der Waals surface area (Å²) in [5, 5.41) is 3.33. The maximum Gasteiger partial charge on any atom is 0.404 e. The van der Waals surface area contributed by atoms with Gasteiger partial charge in [-0.3, -0.25) is 0 Å². The molecule has 0 radical (unpaired) electrons. The zero-order valence-corrected chi connectivity index (χ0v) is 14.0. The van der Waals surface area contributed by atoms with Crippen LogP contribution in [0.4, 0.5) is 10.7 Å². The van der Waals surface area contributed by atoms with Gasteiger partial charge < -0.3 is 15.8 Å². The highest BCUT2D eigenvalue weighted by atomic mass is 32.2. The number of ether oxygens (including phenoxy) is 1. The van der Waals surface area contributed by atoms with Crippen molar-refractivity contribution in [2.24, 2.45) is 17.1 Å². The third-order valence-electron chi connectivity index (χ3n) is 3.14. The molecule has 2 unspecified atom stereocenters. The third kappa shape index (κ3) is 5.79. The van der Waals surface area contributed by atoms with Gasteiger partial charge in [-0.15, -0.1) is 11.8 Å². The molecule has 0 aromatic carbocycles. The van der Waals surface area contributed by atoms with E-state index in [1.54, 1.807) is 24.2 Å². The third-order valence-corrected chi connectivity index (χ3v) is 3.82. The number of nitrogens with one attached hydrogen (secondary N) is 1. The minimum Gasteiger partial charge on any atom is -0.449 e. The summed E-state index contributed by atoms with van der Waals surface area (Å²) in [5.41, 5.74) is 4.97. The van der Waals surface area contributed by atoms with Gasteiger partial charge in [0.15, 0.2) is 0 Å². The van der Waals surface area contributed by atoms with Gasteiger partial charge in [0.05, 0.1) is 6.61 Å². The lowest BCUT2D eigenvalue weighted by molar-refractivity contribution is 0.120. The summed E-state index contributed by atoms with van der Waals surface area (Å²) in [4.78, 5) is 20.4. The Morgan fingerprint density at radius 1 is 1.43 bits per heavy atom. The van der Waals surface area contributed by atoms with E-state index in [4.69, 9.17) is 10.5 Å². The van der Waals surface area contributed by atoms with Crippen molar-refractivity contribution in [3.63, 3.8) is 0 Å². The minimum atomic E-state index is -0.755. The van der Waals surface area contributed by atoms with Crippen LogP contribution < -0.4 is 11.1 Å². The first kappa shape index (κ1) is 17.6. The van der Waals surface area contributed by atoms with Crippen LogP contribution in [0.15, 0.2) is 17.3 Å². The molecule has 7 heteroatoms. The van der Waals surface area contributed by atoms with Gasteiger partial charge in [0.2, 0.25) is 5.95 Å². The van der Waals surface area contributed by atoms with Crippen LogP contribution >= 0.6 is 11.8 Å². The summed E-state index contributed by atoms with van der Waals surface area (Å²) in [6.45, 7) is 8.60. The van der Waals surface area contributed by atoms with E-state index in [0.29, 0.717) is 5.95 Å². The fraction of sp³-hybridized carbons (Fsp3) is 0.643. The van der Waals surface area contributed by atoms with Gasteiger partial charge in [0.25, 0.3) is 0 Å². The zero-order chi connectivity index (χ0) is 16.0. The van der Waals surface area contributed by atoms with Crippen LogP contribution in [-0.4, -0.2) is 35.0 Å². The van der Waals surface area contributed by atoms with Crippen molar-refractivity contribution in [2.75, 3.05) is 18.2 Å². The first-order valence-corrected chi connectivity index (χ1v) is 8.01. The number of thioether (sulfide) groups is 1. The quantitative estimate of drug-likeness (QED) is 0.785. The van der Waals surface area contributed by atoms with Crippen LogP contribution in [0.3, 0.4) is 0 Å². The summed E-state index contributed by atoms with van der Waals surface area (Å²) in [7, 11) is 0. The predicted molar refractivity (Wildman–Crippen MR) is 85.4 cm³/mol. The number of carbonyl (C=O) groups excluding carboxylic acids is 1. The molecule has 0 aliphatic heterocycles. The first-order valence-electron chi connectivity index (χ1n) is 6.79. The molecular weight excluding hydrogens is 288 g/mol. The molecule has 2 atom stereocenters. The number of nitrogens with two attached hydrogens (primary N) is 1. The molecule has 0 saturated carbocycles. The van der Waals surface area contributed by atoms with Crippen molar-refractivity contribution in [1.82, 2.24) is 9.97 Å². The molecular formula is C14H24N4O2S. The molecule has 1 heterocycles. The summed E-state index contributed by atoms with van der Waals surface area (Å²) in [6.07, 6.45) is 4.79. The van der Waals surface area contributed by atoms with Crippen molar-refractivity contribution in [2.45, 2.75) is 38.6 Å². The number of nitrogens with zero attached hydrogens (tertiary/aromatic N) is 2. The number of rotatable bonds is 6. The lowest BCUT2D eigenvalue weighted by Crippen LogP contribution is -2.42. The van der Waals surface area contributed by atoms with E-state index in [-0.39, 0.29) is 24.0 Å². The van der Waals surface area contributed by atoms with Gasteiger partial charge in [-0.05, 0) is 11.7 Å². The zero-order valence-electron chi connectivity index (χ0n) is 13.2. The smallest absolute Gasteiger partial charge is 0.404 e. The number of aromatic nitrogens is 2. The van der Waals surface area contributed by atoms with E-state index in [1.165, 1.54) is 0 Å². The Morgan fingerprint density at radius 3 is 2.43 bits per heavy atom. The van der Waals surface area contributed by atoms with Crippen LogP contribution in [0.5, 0.6) is 0 Å². The molecule has 0 aliphatic carbocycles. The van der Waals surface area contributed by atoms with Crippen LogP contribution in [0.1, 0.15) is 27.7 Å². The van der Waals surface area contributed by atoms with Crippen molar-refractivity contribution in [1.29, 1.82) is 0 Å². The van der Waals surface area contributed by atoms with Crippen LogP contribution in [0, 0.1) is 11.3 Å². The largest absolute Gasteiger partial charge is 0.449 e.